The number of carbonyl (C=O) groups is 1. The summed E-state index contributed by atoms with van der Waals surface area (Å²) < 4.78 is 0.980. The minimum Gasteiger partial charge on any atom is -0.337 e. The van der Waals surface area contributed by atoms with E-state index < -0.39 is 0 Å². The number of thiophene rings is 1. The first-order chi connectivity index (χ1) is 9.77. The van der Waals surface area contributed by atoms with Crippen LogP contribution in [0.3, 0.4) is 0 Å². The summed E-state index contributed by atoms with van der Waals surface area (Å²) in [6, 6.07) is 12.3. The van der Waals surface area contributed by atoms with Gasteiger partial charge >= 0.3 is 0 Å². The van der Waals surface area contributed by atoms with Crippen LogP contribution in [0.1, 0.15) is 41.6 Å². The van der Waals surface area contributed by atoms with Gasteiger partial charge in [0.15, 0.2) is 0 Å². The lowest BCUT2D eigenvalue weighted by Gasteiger charge is -2.20. The molecule has 112 valence electrons. The number of benzene rings is 1. The Morgan fingerprint density at radius 3 is 2.24 bits per heavy atom. The molecule has 2 aromatic rings. The highest BCUT2D eigenvalue weighted by Crippen LogP contribution is 2.24. The Morgan fingerprint density at radius 1 is 1.14 bits per heavy atom. The van der Waals surface area contributed by atoms with Crippen LogP contribution in [0.15, 0.2) is 40.2 Å². The highest BCUT2D eigenvalue weighted by molar-refractivity contribution is 9.11. The number of amides is 1. The second-order valence-electron chi connectivity index (χ2n) is 6.21. The zero-order chi connectivity index (χ0) is 15.6. The van der Waals surface area contributed by atoms with Gasteiger partial charge in [-0.25, -0.2) is 0 Å². The van der Waals surface area contributed by atoms with Gasteiger partial charge in [0.05, 0.1) is 8.66 Å². The summed E-state index contributed by atoms with van der Waals surface area (Å²) in [5, 5.41) is 0. The first-order valence-corrected chi connectivity index (χ1v) is 8.48. The average Bonchev–Trinajstić information content (AvgIpc) is 2.84. The van der Waals surface area contributed by atoms with Crippen molar-refractivity contribution in [3.63, 3.8) is 0 Å². The minimum absolute atomic E-state index is 0.0607. The Hall–Kier alpha value is -1.13. The zero-order valence-electron chi connectivity index (χ0n) is 12.8. The quantitative estimate of drug-likeness (QED) is 0.742. The summed E-state index contributed by atoms with van der Waals surface area (Å²) in [5.41, 5.74) is 2.61. The number of halogens is 1. The van der Waals surface area contributed by atoms with E-state index in [9.17, 15) is 4.79 Å². The summed E-state index contributed by atoms with van der Waals surface area (Å²) in [7, 11) is 1.84. The Bertz CT molecular complexity index is 625. The SMILES string of the molecule is CN(Cc1ccc(C(C)(C)C)cc1)C(=O)c1ccc(Br)s1. The topological polar surface area (TPSA) is 20.3 Å². The summed E-state index contributed by atoms with van der Waals surface area (Å²) in [6.07, 6.45) is 0. The Kier molecular flexibility index (Phi) is 4.89. The highest BCUT2D eigenvalue weighted by Gasteiger charge is 2.16. The molecular formula is C17H20BrNOS. The molecule has 0 N–H and O–H groups in total. The molecular weight excluding hydrogens is 346 g/mol. The predicted molar refractivity (Wildman–Crippen MR) is 93.0 cm³/mol. The molecule has 0 saturated heterocycles. The van der Waals surface area contributed by atoms with Crippen LogP contribution in [0, 0.1) is 0 Å². The maximum Gasteiger partial charge on any atom is 0.264 e. The molecule has 0 fully saturated rings. The third kappa shape index (κ3) is 4.17. The van der Waals surface area contributed by atoms with Gasteiger partial charge in [-0.15, -0.1) is 11.3 Å². The van der Waals surface area contributed by atoms with Crippen LogP contribution in [0.25, 0.3) is 0 Å². The molecule has 0 bridgehead atoms. The van der Waals surface area contributed by atoms with Gasteiger partial charge in [0.25, 0.3) is 5.91 Å². The lowest BCUT2D eigenvalue weighted by atomic mass is 9.87. The number of rotatable bonds is 3. The van der Waals surface area contributed by atoms with E-state index in [1.165, 1.54) is 16.9 Å². The van der Waals surface area contributed by atoms with Gasteiger partial charge in [-0.1, -0.05) is 45.0 Å². The third-order valence-corrected chi connectivity index (χ3v) is 4.98. The van der Waals surface area contributed by atoms with Gasteiger partial charge < -0.3 is 4.90 Å². The van der Waals surface area contributed by atoms with Gasteiger partial charge in [0.1, 0.15) is 0 Å². The standard InChI is InChI=1S/C17H20BrNOS/c1-17(2,3)13-7-5-12(6-8-13)11-19(4)16(20)14-9-10-15(18)21-14/h5-10H,11H2,1-4H3. The molecule has 0 radical (unpaired) electrons. The molecule has 2 rings (SSSR count). The largest absolute Gasteiger partial charge is 0.337 e. The molecule has 1 amide bonds. The van der Waals surface area contributed by atoms with Crippen molar-refractivity contribution in [2.24, 2.45) is 0 Å². The molecule has 0 unspecified atom stereocenters. The zero-order valence-corrected chi connectivity index (χ0v) is 15.2. The van der Waals surface area contributed by atoms with Crippen LogP contribution in [0.4, 0.5) is 0 Å². The molecule has 1 aromatic heterocycles. The Morgan fingerprint density at radius 2 is 1.76 bits per heavy atom. The van der Waals surface area contributed by atoms with Crippen molar-refractivity contribution < 1.29 is 4.79 Å². The normalized spacial score (nSPS) is 11.5. The van der Waals surface area contributed by atoms with Crippen molar-refractivity contribution in [1.29, 1.82) is 0 Å². The first-order valence-electron chi connectivity index (χ1n) is 6.87. The molecule has 4 heteroatoms. The summed E-state index contributed by atoms with van der Waals surface area (Å²) in [4.78, 5) is 14.8. The maximum absolute atomic E-state index is 12.3. The molecule has 0 spiro atoms. The van der Waals surface area contributed by atoms with Crippen molar-refractivity contribution in [2.45, 2.75) is 32.7 Å². The van der Waals surface area contributed by atoms with Crippen LogP contribution in [0.2, 0.25) is 0 Å². The smallest absolute Gasteiger partial charge is 0.264 e. The number of nitrogens with zero attached hydrogens (tertiary/aromatic N) is 1. The summed E-state index contributed by atoms with van der Waals surface area (Å²) in [6.45, 7) is 7.23. The molecule has 1 heterocycles. The van der Waals surface area contributed by atoms with Gasteiger partial charge in [0.2, 0.25) is 0 Å². The highest BCUT2D eigenvalue weighted by atomic mass is 79.9. The van der Waals surface area contributed by atoms with E-state index in [4.69, 9.17) is 0 Å². The average molecular weight is 366 g/mol. The maximum atomic E-state index is 12.3. The lowest BCUT2D eigenvalue weighted by Crippen LogP contribution is -2.25. The lowest BCUT2D eigenvalue weighted by molar-refractivity contribution is 0.0790. The second-order valence-corrected chi connectivity index (χ2v) is 8.67. The third-order valence-electron chi connectivity index (χ3n) is 3.37. The van der Waals surface area contributed by atoms with Crippen molar-refractivity contribution in [2.75, 3.05) is 7.05 Å². The molecule has 0 aliphatic rings. The first kappa shape index (κ1) is 16.2. The van der Waals surface area contributed by atoms with Crippen LogP contribution in [0.5, 0.6) is 0 Å². The van der Waals surface area contributed by atoms with Gasteiger partial charge in [0, 0.05) is 13.6 Å². The van der Waals surface area contributed by atoms with E-state index in [0.717, 1.165) is 14.2 Å². The molecule has 21 heavy (non-hydrogen) atoms. The van der Waals surface area contributed by atoms with Crippen LogP contribution >= 0.6 is 27.3 Å². The van der Waals surface area contributed by atoms with E-state index in [2.05, 4.69) is 61.0 Å². The number of carbonyl (C=O) groups excluding carboxylic acids is 1. The van der Waals surface area contributed by atoms with E-state index in [-0.39, 0.29) is 11.3 Å². The molecule has 2 nitrogen and oxygen atoms in total. The minimum atomic E-state index is 0.0607. The van der Waals surface area contributed by atoms with Crippen LogP contribution < -0.4 is 0 Å². The fourth-order valence-corrected chi connectivity index (χ4v) is 3.45. The monoisotopic (exact) mass is 365 g/mol. The van der Waals surface area contributed by atoms with Gasteiger partial charge in [-0.05, 0) is 44.6 Å². The number of hydrogen-bond donors (Lipinski definition) is 0. The molecule has 0 saturated carbocycles. The fourth-order valence-electron chi connectivity index (χ4n) is 2.07. The molecule has 0 aliphatic carbocycles. The van der Waals surface area contributed by atoms with Crippen molar-refractivity contribution in [3.05, 3.63) is 56.2 Å². The van der Waals surface area contributed by atoms with Crippen molar-refractivity contribution in [3.8, 4) is 0 Å². The molecule has 0 atom stereocenters. The fraction of sp³-hybridized carbons (Fsp3) is 0.353. The van der Waals surface area contributed by atoms with Crippen LogP contribution in [-0.4, -0.2) is 17.9 Å². The number of hydrogen-bond acceptors (Lipinski definition) is 2. The van der Waals surface area contributed by atoms with Gasteiger partial charge in [-0.2, -0.15) is 0 Å². The predicted octanol–water partition coefficient (Wildman–Crippen LogP) is 5.08. The van der Waals surface area contributed by atoms with E-state index >= 15 is 0 Å². The Labute approximate surface area is 138 Å². The van der Waals surface area contributed by atoms with Gasteiger partial charge in [-0.3, -0.25) is 4.79 Å². The second kappa shape index (κ2) is 6.32. The summed E-state index contributed by atoms with van der Waals surface area (Å²) in [5.74, 6) is 0.0607. The van der Waals surface area contributed by atoms with E-state index in [1.807, 2.05) is 19.2 Å². The summed E-state index contributed by atoms with van der Waals surface area (Å²) >= 11 is 4.86. The van der Waals surface area contributed by atoms with Crippen molar-refractivity contribution in [1.82, 2.24) is 4.90 Å². The van der Waals surface area contributed by atoms with E-state index in [1.54, 1.807) is 4.90 Å². The van der Waals surface area contributed by atoms with E-state index in [0.29, 0.717) is 6.54 Å². The molecule has 1 aromatic carbocycles. The van der Waals surface area contributed by atoms with Crippen molar-refractivity contribution >= 4 is 33.2 Å². The molecule has 0 aliphatic heterocycles. The Balaban J connectivity index is 2.06. The van der Waals surface area contributed by atoms with Crippen LogP contribution in [-0.2, 0) is 12.0 Å².